The van der Waals surface area contributed by atoms with Gasteiger partial charge in [0.15, 0.2) is 5.82 Å². The van der Waals surface area contributed by atoms with Crippen LogP contribution in [0.2, 0.25) is 0 Å². The number of alkyl halides is 3. The van der Waals surface area contributed by atoms with Crippen LogP contribution >= 0.6 is 0 Å². The first-order valence-corrected chi connectivity index (χ1v) is 6.24. The van der Waals surface area contributed by atoms with E-state index in [9.17, 15) is 27.2 Å². The van der Waals surface area contributed by atoms with E-state index in [0.717, 1.165) is 4.90 Å². The van der Waals surface area contributed by atoms with Crippen molar-refractivity contribution in [3.8, 4) is 0 Å². The van der Waals surface area contributed by atoms with Crippen LogP contribution in [0.15, 0.2) is 12.4 Å². The molecule has 1 aliphatic rings. The zero-order valence-corrected chi connectivity index (χ0v) is 11.1. The van der Waals surface area contributed by atoms with Gasteiger partial charge in [-0.2, -0.15) is 13.2 Å². The molecule has 0 aliphatic carbocycles. The van der Waals surface area contributed by atoms with E-state index >= 15 is 0 Å². The van der Waals surface area contributed by atoms with Gasteiger partial charge in [0.1, 0.15) is 11.3 Å². The molecule has 0 saturated carbocycles. The van der Waals surface area contributed by atoms with Gasteiger partial charge in [0.2, 0.25) is 0 Å². The number of likely N-dealkylation sites (tertiary alicyclic amines) is 1. The summed E-state index contributed by atoms with van der Waals surface area (Å²) >= 11 is 0. The first-order valence-electron chi connectivity index (χ1n) is 6.24. The minimum absolute atomic E-state index is 0.0193. The van der Waals surface area contributed by atoms with Crippen LogP contribution < -0.4 is 0 Å². The standard InChI is InChI=1S/C13H12F4N2O2/c1-7-6-19(3-2-10(7)20)12(21)8-4-18-5-9(14)11(8)13(15,16)17/h4-5,7H,2-3,6H2,1H3. The lowest BCUT2D eigenvalue weighted by Crippen LogP contribution is -2.43. The second-order valence-electron chi connectivity index (χ2n) is 4.91. The molecule has 8 heteroatoms. The molecule has 21 heavy (non-hydrogen) atoms. The summed E-state index contributed by atoms with van der Waals surface area (Å²) in [6, 6.07) is 0. The highest BCUT2D eigenvalue weighted by atomic mass is 19.4. The Morgan fingerprint density at radius 1 is 1.38 bits per heavy atom. The van der Waals surface area contributed by atoms with Gasteiger partial charge in [0, 0.05) is 31.6 Å². The van der Waals surface area contributed by atoms with Gasteiger partial charge in [-0.3, -0.25) is 14.6 Å². The monoisotopic (exact) mass is 304 g/mol. The molecule has 0 spiro atoms. The Labute approximate surface area is 117 Å². The van der Waals surface area contributed by atoms with Gasteiger partial charge in [-0.15, -0.1) is 0 Å². The fourth-order valence-electron chi connectivity index (χ4n) is 2.26. The summed E-state index contributed by atoms with van der Waals surface area (Å²) in [5, 5.41) is 0. The van der Waals surface area contributed by atoms with E-state index in [4.69, 9.17) is 0 Å². The fraction of sp³-hybridized carbons (Fsp3) is 0.462. The Balaban J connectivity index is 2.36. The topological polar surface area (TPSA) is 50.3 Å². The Morgan fingerprint density at radius 3 is 2.62 bits per heavy atom. The lowest BCUT2D eigenvalue weighted by molar-refractivity contribution is -0.140. The molecule has 1 aromatic rings. The third-order valence-electron chi connectivity index (χ3n) is 3.37. The van der Waals surface area contributed by atoms with Crippen molar-refractivity contribution in [1.82, 2.24) is 9.88 Å². The van der Waals surface area contributed by atoms with Crippen LogP contribution in [0.5, 0.6) is 0 Å². The van der Waals surface area contributed by atoms with Gasteiger partial charge in [0.05, 0.1) is 11.8 Å². The number of amides is 1. The van der Waals surface area contributed by atoms with Crippen molar-refractivity contribution in [1.29, 1.82) is 0 Å². The molecular weight excluding hydrogens is 292 g/mol. The number of carbonyl (C=O) groups is 2. The number of ketones is 1. The van der Waals surface area contributed by atoms with Crippen LogP contribution in [0.3, 0.4) is 0 Å². The number of carbonyl (C=O) groups excluding carboxylic acids is 2. The van der Waals surface area contributed by atoms with E-state index in [2.05, 4.69) is 4.98 Å². The van der Waals surface area contributed by atoms with Crippen molar-refractivity contribution in [3.63, 3.8) is 0 Å². The lowest BCUT2D eigenvalue weighted by atomic mass is 9.97. The molecule has 1 amide bonds. The number of rotatable bonds is 1. The predicted molar refractivity (Wildman–Crippen MR) is 63.9 cm³/mol. The average Bonchev–Trinajstić information content (AvgIpc) is 2.39. The normalized spacial score (nSPS) is 19.8. The molecule has 1 saturated heterocycles. The van der Waals surface area contributed by atoms with Crippen molar-refractivity contribution >= 4 is 11.7 Å². The van der Waals surface area contributed by atoms with E-state index < -0.39 is 34.9 Å². The maximum absolute atomic E-state index is 13.4. The Hall–Kier alpha value is -1.99. The van der Waals surface area contributed by atoms with Gasteiger partial charge in [0.25, 0.3) is 5.91 Å². The summed E-state index contributed by atoms with van der Waals surface area (Å²) in [5.41, 5.74) is -2.45. The number of pyridine rings is 1. The smallest absolute Gasteiger partial charge is 0.337 e. The molecule has 2 rings (SSSR count). The molecule has 1 atom stereocenters. The van der Waals surface area contributed by atoms with Crippen LogP contribution in [-0.2, 0) is 11.0 Å². The molecule has 0 aromatic carbocycles. The average molecular weight is 304 g/mol. The molecule has 0 radical (unpaired) electrons. The molecule has 1 aliphatic heterocycles. The summed E-state index contributed by atoms with van der Waals surface area (Å²) < 4.78 is 52.1. The van der Waals surface area contributed by atoms with E-state index in [1.165, 1.54) is 0 Å². The van der Waals surface area contributed by atoms with Crippen molar-refractivity contribution < 1.29 is 27.2 Å². The lowest BCUT2D eigenvalue weighted by Gasteiger charge is -2.30. The Kier molecular flexibility index (Phi) is 3.97. The predicted octanol–water partition coefficient (Wildman–Crippen LogP) is 2.29. The van der Waals surface area contributed by atoms with Crippen LogP contribution in [0.25, 0.3) is 0 Å². The fourth-order valence-corrected chi connectivity index (χ4v) is 2.26. The summed E-state index contributed by atoms with van der Waals surface area (Å²) in [5.74, 6) is -3.05. The first-order chi connectivity index (χ1) is 9.71. The number of hydrogen-bond acceptors (Lipinski definition) is 3. The van der Waals surface area contributed by atoms with Crippen molar-refractivity contribution in [3.05, 3.63) is 29.3 Å². The highest BCUT2D eigenvalue weighted by molar-refractivity contribution is 5.97. The van der Waals surface area contributed by atoms with Crippen LogP contribution in [0, 0.1) is 11.7 Å². The minimum atomic E-state index is -4.99. The summed E-state index contributed by atoms with van der Waals surface area (Å²) in [4.78, 5) is 28.0. The molecule has 1 unspecified atom stereocenters. The second kappa shape index (κ2) is 5.42. The largest absolute Gasteiger partial charge is 0.420 e. The van der Waals surface area contributed by atoms with Gasteiger partial charge < -0.3 is 4.90 Å². The van der Waals surface area contributed by atoms with Gasteiger partial charge in [-0.25, -0.2) is 4.39 Å². The molecule has 4 nitrogen and oxygen atoms in total. The number of aromatic nitrogens is 1. The zero-order valence-electron chi connectivity index (χ0n) is 11.1. The van der Waals surface area contributed by atoms with Crippen LogP contribution in [0.1, 0.15) is 29.3 Å². The number of Topliss-reactive ketones (excluding diaryl/α,β-unsaturated/α-hetero) is 1. The van der Waals surface area contributed by atoms with Gasteiger partial charge in [-0.1, -0.05) is 6.92 Å². The highest BCUT2D eigenvalue weighted by Gasteiger charge is 2.40. The maximum Gasteiger partial charge on any atom is 0.420 e. The first kappa shape index (κ1) is 15.4. The Bertz CT molecular complexity index is 586. The quantitative estimate of drug-likeness (QED) is 0.748. The summed E-state index contributed by atoms with van der Waals surface area (Å²) in [7, 11) is 0. The van der Waals surface area contributed by atoms with E-state index in [1.807, 2.05) is 0 Å². The van der Waals surface area contributed by atoms with Crippen molar-refractivity contribution in [2.24, 2.45) is 5.92 Å². The molecule has 1 aromatic heterocycles. The van der Waals surface area contributed by atoms with Crippen molar-refractivity contribution in [2.45, 2.75) is 19.5 Å². The third kappa shape index (κ3) is 3.03. The molecule has 0 bridgehead atoms. The maximum atomic E-state index is 13.4. The summed E-state index contributed by atoms with van der Waals surface area (Å²) in [6.07, 6.45) is -3.79. The minimum Gasteiger partial charge on any atom is -0.337 e. The molecule has 1 fully saturated rings. The van der Waals surface area contributed by atoms with Crippen molar-refractivity contribution in [2.75, 3.05) is 13.1 Å². The zero-order chi connectivity index (χ0) is 15.8. The third-order valence-corrected chi connectivity index (χ3v) is 3.37. The highest BCUT2D eigenvalue weighted by Crippen LogP contribution is 2.34. The Morgan fingerprint density at radius 2 is 2.05 bits per heavy atom. The summed E-state index contributed by atoms with van der Waals surface area (Å²) in [6.45, 7) is 1.64. The second-order valence-corrected chi connectivity index (χ2v) is 4.91. The van der Waals surface area contributed by atoms with Crippen LogP contribution in [-0.4, -0.2) is 34.7 Å². The van der Waals surface area contributed by atoms with E-state index in [0.29, 0.717) is 12.4 Å². The number of nitrogens with zero attached hydrogens (tertiary/aromatic N) is 2. The van der Waals surface area contributed by atoms with Gasteiger partial charge in [-0.05, 0) is 0 Å². The van der Waals surface area contributed by atoms with Crippen LogP contribution in [0.4, 0.5) is 17.6 Å². The van der Waals surface area contributed by atoms with Gasteiger partial charge >= 0.3 is 6.18 Å². The molecular formula is C13H12F4N2O2. The molecule has 114 valence electrons. The molecule has 0 N–H and O–H groups in total. The number of halogens is 4. The number of hydrogen-bond donors (Lipinski definition) is 0. The van der Waals surface area contributed by atoms with E-state index in [1.54, 1.807) is 6.92 Å². The SMILES string of the molecule is CC1CN(C(=O)c2cncc(F)c2C(F)(F)F)CCC1=O. The number of piperidine rings is 1. The molecule has 2 heterocycles. The van der Waals surface area contributed by atoms with E-state index in [-0.39, 0.29) is 25.3 Å².